The Kier molecular flexibility index (Phi) is 6.00. The normalized spacial score (nSPS) is 9.67. The second kappa shape index (κ2) is 6.75. The predicted molar refractivity (Wildman–Crippen MR) is 61.2 cm³/mol. The van der Waals surface area contributed by atoms with Gasteiger partial charge in [0.05, 0.1) is 0 Å². The zero-order valence-corrected chi connectivity index (χ0v) is 11.5. The summed E-state index contributed by atoms with van der Waals surface area (Å²) in [6.07, 6.45) is 0. The van der Waals surface area contributed by atoms with Crippen molar-refractivity contribution in [3.8, 4) is 0 Å². The van der Waals surface area contributed by atoms with E-state index in [1.54, 1.807) is 0 Å². The van der Waals surface area contributed by atoms with E-state index >= 15 is 0 Å². The Morgan fingerprint density at radius 2 is 1.00 bits per heavy atom. The Balaban J connectivity index is 0.00000112. The van der Waals surface area contributed by atoms with Crippen LogP contribution in [-0.4, -0.2) is 0 Å². The second-order valence-corrected chi connectivity index (χ2v) is 4.87. The van der Waals surface area contributed by atoms with E-state index in [4.69, 9.17) is 0 Å². The molecule has 2 aromatic rings. The number of rotatable bonds is 2. The molecule has 0 saturated carbocycles. The van der Waals surface area contributed by atoms with Crippen molar-refractivity contribution in [2.24, 2.45) is 0 Å². The minimum atomic E-state index is -1.79. The summed E-state index contributed by atoms with van der Waals surface area (Å²) in [5.74, 6) is 0. The molecule has 0 saturated heterocycles. The van der Waals surface area contributed by atoms with Crippen LogP contribution in [0.25, 0.3) is 0 Å². The number of hydrogen-bond donors (Lipinski definition) is 0. The van der Waals surface area contributed by atoms with Gasteiger partial charge in [-0.2, -0.15) is 0 Å². The maximum Gasteiger partial charge on any atom is 3.00 e. The van der Waals surface area contributed by atoms with Gasteiger partial charge in [0.1, 0.15) is 7.80 Å². The first-order valence-electron chi connectivity index (χ1n) is 4.53. The summed E-state index contributed by atoms with van der Waals surface area (Å²) in [4.78, 5) is 0. The fourth-order valence-corrected chi connectivity index (χ4v) is 2.67. The molecule has 2 rings (SSSR count). The smallest absolute Gasteiger partial charge is 0.317 e. The molecule has 0 radical (unpaired) electrons. The van der Waals surface area contributed by atoms with Gasteiger partial charge in [0.25, 0.3) is 0 Å². The summed E-state index contributed by atoms with van der Waals surface area (Å²) in [6.45, 7) is 0. The van der Waals surface area contributed by atoms with Gasteiger partial charge >= 0.3 is 49.4 Å². The molecule has 15 heavy (non-hydrogen) atoms. The predicted octanol–water partition coefficient (Wildman–Crippen LogP) is 2.20. The minimum absolute atomic E-state index is 0. The molecule has 0 bridgehead atoms. The molecule has 0 aliphatic carbocycles. The fourth-order valence-electron chi connectivity index (χ4n) is 1.35. The molecule has 0 spiro atoms. The summed E-state index contributed by atoms with van der Waals surface area (Å²) >= 11 is 0. The number of benzene rings is 2. The molecule has 0 amide bonds. The average molecular weight is 354 g/mol. The minimum Gasteiger partial charge on any atom is -0.317 e. The Morgan fingerprint density at radius 3 is 1.33 bits per heavy atom. The largest absolute Gasteiger partial charge is 3.00 e. The molecule has 0 aliphatic rings. The third-order valence-corrected chi connectivity index (χ3v) is 3.79. The van der Waals surface area contributed by atoms with Crippen molar-refractivity contribution in [2.45, 2.75) is 0 Å². The molecule has 0 heterocycles. The van der Waals surface area contributed by atoms with Crippen LogP contribution in [0.4, 0.5) is 0 Å². The van der Waals surface area contributed by atoms with Gasteiger partial charge in [-0.1, -0.05) is 60.7 Å². The van der Waals surface area contributed by atoms with E-state index in [2.05, 4.69) is 0 Å². The van der Waals surface area contributed by atoms with E-state index in [-0.39, 0.29) is 49.4 Å². The van der Waals surface area contributed by atoms with Crippen molar-refractivity contribution in [2.75, 3.05) is 0 Å². The van der Waals surface area contributed by atoms with Crippen molar-refractivity contribution < 1.29 is 53.9 Å². The molecule has 1 nitrogen and oxygen atoms in total. The molecule has 0 atom stereocenters. The Bertz CT molecular complexity index is 386. The summed E-state index contributed by atoms with van der Waals surface area (Å²) in [5, 5.41) is 1.84. The van der Waals surface area contributed by atoms with Crippen LogP contribution in [0.2, 0.25) is 0 Å². The average Bonchev–Trinajstić information content (AvgIpc) is 2.30. The van der Waals surface area contributed by atoms with E-state index in [9.17, 15) is 4.57 Å². The molecule has 0 N–H and O–H groups in total. The first kappa shape index (κ1) is 13.3. The van der Waals surface area contributed by atoms with Crippen molar-refractivity contribution in [3.63, 3.8) is 0 Å². The van der Waals surface area contributed by atoms with E-state index in [0.717, 1.165) is 10.6 Å². The topological polar surface area (TPSA) is 17.1 Å². The van der Waals surface area contributed by atoms with Crippen LogP contribution in [0.15, 0.2) is 60.7 Å². The Hall–Kier alpha value is 0.254. The third-order valence-electron chi connectivity index (χ3n) is 2.07. The second-order valence-electron chi connectivity index (χ2n) is 3.06. The van der Waals surface area contributed by atoms with Crippen LogP contribution in [0.5, 0.6) is 0 Å². The fraction of sp³-hybridized carbons (Fsp3) is 0. The first-order valence-corrected chi connectivity index (χ1v) is 5.93. The zero-order chi connectivity index (χ0) is 9.80. The van der Waals surface area contributed by atoms with Crippen LogP contribution in [0.1, 0.15) is 0 Å². The van der Waals surface area contributed by atoms with Crippen molar-refractivity contribution in [1.29, 1.82) is 0 Å². The first-order chi connectivity index (χ1) is 6.88. The van der Waals surface area contributed by atoms with Crippen molar-refractivity contribution in [1.82, 2.24) is 0 Å². The van der Waals surface area contributed by atoms with Gasteiger partial charge in [-0.3, -0.25) is 0 Å². The van der Waals surface area contributed by atoms with Gasteiger partial charge in [0, 0.05) is 10.6 Å². The molecule has 3 heteroatoms. The maximum absolute atomic E-state index is 12.0. The summed E-state index contributed by atoms with van der Waals surface area (Å²) in [7, 11) is -1.79. The monoisotopic (exact) mass is 355 g/mol. The zero-order valence-electron chi connectivity index (χ0n) is 8.06. The SMILES string of the molecule is O=[PH](c1ccccc1)c1ccccc1.[Eu+3]. The molecule has 0 aliphatic heterocycles. The Morgan fingerprint density at radius 1 is 0.667 bits per heavy atom. The van der Waals surface area contributed by atoms with Gasteiger partial charge in [-0.05, 0) is 0 Å². The van der Waals surface area contributed by atoms with Crippen LogP contribution in [0, 0.1) is 49.4 Å². The van der Waals surface area contributed by atoms with Gasteiger partial charge < -0.3 is 4.57 Å². The van der Waals surface area contributed by atoms with Gasteiger partial charge in [0.15, 0.2) is 0 Å². The standard InChI is InChI=1S/C12H11OP.Eu/c13-14(11-7-3-1-4-8-11)12-9-5-2-6-10-12;/h1-10,14H;/q;+3. The molecule has 0 aromatic heterocycles. The third kappa shape index (κ3) is 3.64. The van der Waals surface area contributed by atoms with Gasteiger partial charge in [-0.15, -0.1) is 0 Å². The van der Waals surface area contributed by atoms with E-state index in [1.807, 2.05) is 60.7 Å². The summed E-state index contributed by atoms with van der Waals surface area (Å²) in [5.41, 5.74) is 0. The summed E-state index contributed by atoms with van der Waals surface area (Å²) in [6, 6.07) is 19.2. The van der Waals surface area contributed by atoms with Gasteiger partial charge in [0.2, 0.25) is 0 Å². The molecule has 0 unspecified atom stereocenters. The maximum atomic E-state index is 12.0. The number of hydrogen-bond acceptors (Lipinski definition) is 1. The van der Waals surface area contributed by atoms with Crippen LogP contribution >= 0.6 is 7.80 Å². The van der Waals surface area contributed by atoms with Gasteiger partial charge in [-0.25, -0.2) is 0 Å². The van der Waals surface area contributed by atoms with Crippen molar-refractivity contribution in [3.05, 3.63) is 60.7 Å². The van der Waals surface area contributed by atoms with Crippen LogP contribution in [0.3, 0.4) is 0 Å². The molecule has 2 aromatic carbocycles. The molecular formula is C12H11EuOP+3. The molecule has 74 valence electrons. The van der Waals surface area contributed by atoms with Crippen molar-refractivity contribution >= 4 is 18.4 Å². The quantitative estimate of drug-likeness (QED) is 0.756. The molecular weight excluding hydrogens is 343 g/mol. The van der Waals surface area contributed by atoms with E-state index in [1.165, 1.54) is 0 Å². The van der Waals surface area contributed by atoms with Crippen LogP contribution < -0.4 is 10.6 Å². The van der Waals surface area contributed by atoms with E-state index in [0.29, 0.717) is 0 Å². The van der Waals surface area contributed by atoms with E-state index < -0.39 is 7.80 Å². The summed E-state index contributed by atoms with van der Waals surface area (Å²) < 4.78 is 12.0. The molecule has 0 fully saturated rings. The van der Waals surface area contributed by atoms with Crippen LogP contribution in [-0.2, 0) is 4.57 Å². The Labute approximate surface area is 131 Å².